The first kappa shape index (κ1) is 44.4. The molecular formula is C44H52N6O6S5. The smallest absolute Gasteiger partial charge is 0.271 e. The zero-order chi connectivity index (χ0) is 43.3. The van der Waals surface area contributed by atoms with Crippen molar-refractivity contribution >= 4 is 76.8 Å². The molecular weight excluding hydrogens is 869 g/mol. The molecule has 3 aromatic carbocycles. The molecule has 0 amide bonds. The van der Waals surface area contributed by atoms with Gasteiger partial charge in [-0.05, 0) is 117 Å². The molecule has 324 valence electrons. The van der Waals surface area contributed by atoms with Crippen molar-refractivity contribution in [2.45, 2.75) is 61.0 Å². The molecule has 0 unspecified atom stereocenters. The van der Waals surface area contributed by atoms with Gasteiger partial charge in [0.25, 0.3) is 20.0 Å². The highest BCUT2D eigenvalue weighted by Crippen LogP contribution is 2.37. The van der Waals surface area contributed by atoms with E-state index >= 15 is 0 Å². The third-order valence-corrected chi connectivity index (χ3v) is 16.6. The van der Waals surface area contributed by atoms with E-state index in [2.05, 4.69) is 57.6 Å². The second-order valence-electron chi connectivity index (χ2n) is 15.3. The van der Waals surface area contributed by atoms with Crippen molar-refractivity contribution in [1.29, 1.82) is 0 Å². The average molecular weight is 921 g/mol. The Hall–Kier alpha value is -4.62. The Bertz CT molecular complexity index is 2600. The first-order chi connectivity index (χ1) is 29.2. The van der Waals surface area contributed by atoms with E-state index in [9.17, 15) is 16.8 Å². The molecule has 2 saturated heterocycles. The van der Waals surface area contributed by atoms with E-state index in [4.69, 9.17) is 9.47 Å². The molecule has 0 bridgehead atoms. The molecule has 4 atom stereocenters. The molecule has 2 fully saturated rings. The van der Waals surface area contributed by atoms with Crippen molar-refractivity contribution in [3.63, 3.8) is 0 Å². The second kappa shape index (κ2) is 19.2. The van der Waals surface area contributed by atoms with Crippen LogP contribution in [-0.4, -0.2) is 81.4 Å². The molecule has 2 aliphatic rings. The molecule has 12 nitrogen and oxygen atoms in total. The number of ether oxygens (including phenoxy) is 2. The Morgan fingerprint density at radius 2 is 1.08 bits per heavy atom. The van der Waals surface area contributed by atoms with Crippen molar-refractivity contribution in [3.8, 4) is 31.7 Å². The van der Waals surface area contributed by atoms with Gasteiger partial charge >= 0.3 is 0 Å². The van der Waals surface area contributed by atoms with Gasteiger partial charge in [-0.25, -0.2) is 16.8 Å². The number of rotatable bonds is 12. The maximum Gasteiger partial charge on any atom is 0.271 e. The number of nitrogens with zero attached hydrogens (tertiary/aromatic N) is 2. The number of benzene rings is 3. The van der Waals surface area contributed by atoms with Gasteiger partial charge in [0.2, 0.25) is 0 Å². The van der Waals surface area contributed by atoms with Crippen LogP contribution in [0.15, 0.2) is 117 Å². The summed E-state index contributed by atoms with van der Waals surface area (Å²) in [7, 11) is -4.42. The number of hydrogen-bond donors (Lipinski definition) is 4. The van der Waals surface area contributed by atoms with Gasteiger partial charge in [0.05, 0.1) is 30.5 Å². The minimum absolute atomic E-state index is 0.218. The van der Waals surface area contributed by atoms with Gasteiger partial charge in [-0.15, -0.1) is 34.0 Å². The van der Waals surface area contributed by atoms with E-state index in [0.717, 1.165) is 57.7 Å². The van der Waals surface area contributed by atoms with Crippen LogP contribution >= 0.6 is 34.0 Å². The van der Waals surface area contributed by atoms with Crippen LogP contribution in [0.4, 0.5) is 22.7 Å². The standard InChI is InChI=1S/C23H27N3O3S2.C21H25N3O3S3/c1-16-14-26(15-17(2)24-16)19-9-10-22(29-3)21(13-19)25-31(27,28)20-7-4-6-18(12-20)23-8-5-11-30-23;1-14-12-24(13-15(2)22-14)16-6-7-18(27-3)17(11-16)23-30(25,26)21-9-8-20(29-21)19-5-4-10-28-19/h4-13,16-17,24-25H,14-15H2,1-3H3;4-11,14-15,22-23H,12-13H2,1-3H3/t16-,17+;14-,15+. The average Bonchev–Trinajstić information content (AvgIpc) is 4.05. The van der Waals surface area contributed by atoms with Gasteiger partial charge in [-0.2, -0.15) is 0 Å². The van der Waals surface area contributed by atoms with Crippen molar-refractivity contribution < 1.29 is 26.3 Å². The lowest BCUT2D eigenvalue weighted by molar-refractivity contribution is 0.406. The molecule has 4 N–H and O–H groups in total. The van der Waals surface area contributed by atoms with Crippen molar-refractivity contribution in [3.05, 3.63) is 108 Å². The summed E-state index contributed by atoms with van der Waals surface area (Å²) in [4.78, 5) is 7.77. The second-order valence-corrected chi connectivity index (χ2v) is 21.9. The maximum absolute atomic E-state index is 13.2. The zero-order valence-corrected chi connectivity index (χ0v) is 39.0. The van der Waals surface area contributed by atoms with Crippen LogP contribution < -0.4 is 39.4 Å². The Labute approximate surface area is 371 Å². The number of sulfonamides is 2. The Balaban J connectivity index is 0.000000184. The van der Waals surface area contributed by atoms with E-state index < -0.39 is 20.0 Å². The Morgan fingerprint density at radius 1 is 0.574 bits per heavy atom. The highest BCUT2D eigenvalue weighted by Gasteiger charge is 2.26. The lowest BCUT2D eigenvalue weighted by atomic mass is 10.1. The summed E-state index contributed by atoms with van der Waals surface area (Å²) in [5, 5.41) is 11.0. The molecule has 3 aromatic heterocycles. The van der Waals surface area contributed by atoms with E-state index in [1.165, 1.54) is 11.3 Å². The third kappa shape index (κ3) is 10.9. The van der Waals surface area contributed by atoms with E-state index in [1.54, 1.807) is 61.2 Å². The summed E-state index contributed by atoms with van der Waals surface area (Å²) in [6, 6.07) is 31.1. The summed E-state index contributed by atoms with van der Waals surface area (Å²) >= 11 is 4.43. The summed E-state index contributed by atoms with van der Waals surface area (Å²) < 4.78 is 69.1. The van der Waals surface area contributed by atoms with Gasteiger partial charge in [-0.3, -0.25) is 9.44 Å². The highest BCUT2D eigenvalue weighted by molar-refractivity contribution is 7.94. The lowest BCUT2D eigenvalue weighted by Crippen LogP contribution is -2.54. The summed E-state index contributed by atoms with van der Waals surface area (Å²) in [5.74, 6) is 0.978. The molecule has 8 rings (SSSR count). The number of hydrogen-bond acceptors (Lipinski definition) is 13. The molecule has 0 spiro atoms. The predicted octanol–water partition coefficient (Wildman–Crippen LogP) is 8.88. The SMILES string of the molecule is COc1ccc(N2C[C@@H](C)N[C@@H](C)C2)cc1NS(=O)(=O)c1ccc(-c2cccs2)s1.COc1ccc(N2C[C@@H](C)N[C@@H](C)C2)cc1NS(=O)(=O)c1cccc(-c2cccs2)c1. The zero-order valence-electron chi connectivity index (χ0n) is 34.9. The maximum atomic E-state index is 13.2. The number of methoxy groups -OCH3 is 2. The molecule has 6 aromatic rings. The molecule has 0 saturated carbocycles. The van der Waals surface area contributed by atoms with E-state index in [-0.39, 0.29) is 9.10 Å². The molecule has 5 heterocycles. The first-order valence-electron chi connectivity index (χ1n) is 19.9. The van der Waals surface area contributed by atoms with Crippen molar-refractivity contribution in [2.24, 2.45) is 0 Å². The van der Waals surface area contributed by atoms with Crippen LogP contribution in [0.5, 0.6) is 11.5 Å². The van der Waals surface area contributed by atoms with Gasteiger partial charge in [0.15, 0.2) is 0 Å². The van der Waals surface area contributed by atoms with Crippen molar-refractivity contribution in [2.75, 3.05) is 59.6 Å². The van der Waals surface area contributed by atoms with Gasteiger partial charge in [-0.1, -0.05) is 24.3 Å². The van der Waals surface area contributed by atoms with Crippen LogP contribution in [0.1, 0.15) is 27.7 Å². The third-order valence-electron chi connectivity index (χ3n) is 10.3. The fourth-order valence-electron chi connectivity index (χ4n) is 7.69. The van der Waals surface area contributed by atoms with Gasteiger partial charge < -0.3 is 29.9 Å². The number of piperazine rings is 2. The van der Waals surface area contributed by atoms with Gasteiger partial charge in [0, 0.05) is 76.4 Å². The van der Waals surface area contributed by atoms with Crippen LogP contribution in [0.3, 0.4) is 0 Å². The lowest BCUT2D eigenvalue weighted by Gasteiger charge is -2.38. The minimum atomic E-state index is -3.78. The molecule has 2 aliphatic heterocycles. The minimum Gasteiger partial charge on any atom is -0.495 e. The normalized spacial score (nSPS) is 19.4. The highest BCUT2D eigenvalue weighted by atomic mass is 32.2. The van der Waals surface area contributed by atoms with Crippen LogP contribution in [-0.2, 0) is 20.0 Å². The quantitative estimate of drug-likeness (QED) is 0.0941. The summed E-state index contributed by atoms with van der Waals surface area (Å²) in [6.45, 7) is 12.0. The molecule has 61 heavy (non-hydrogen) atoms. The Kier molecular flexibility index (Phi) is 14.0. The topological polar surface area (TPSA) is 141 Å². The largest absolute Gasteiger partial charge is 0.495 e. The van der Waals surface area contributed by atoms with Crippen molar-refractivity contribution in [1.82, 2.24) is 10.6 Å². The molecule has 17 heteroatoms. The number of nitrogens with one attached hydrogen (secondary N) is 4. The number of thiophene rings is 3. The van der Waals surface area contributed by atoms with Gasteiger partial charge in [0.1, 0.15) is 15.7 Å². The molecule has 0 radical (unpaired) electrons. The van der Waals surface area contributed by atoms with E-state index in [1.807, 2.05) is 83.6 Å². The Morgan fingerprint density at radius 3 is 1.57 bits per heavy atom. The number of anilines is 4. The predicted molar refractivity (Wildman–Crippen MR) is 254 cm³/mol. The van der Waals surface area contributed by atoms with Crippen LogP contribution in [0.2, 0.25) is 0 Å². The fourth-order valence-corrected chi connectivity index (χ4v) is 12.7. The summed E-state index contributed by atoms with van der Waals surface area (Å²) in [5.41, 5.74) is 3.69. The van der Waals surface area contributed by atoms with E-state index in [0.29, 0.717) is 47.0 Å². The van der Waals surface area contributed by atoms with Crippen LogP contribution in [0.25, 0.3) is 20.2 Å². The first-order valence-corrected chi connectivity index (χ1v) is 25.5. The summed E-state index contributed by atoms with van der Waals surface area (Å²) in [6.07, 6.45) is 0. The molecule has 0 aliphatic carbocycles. The monoisotopic (exact) mass is 920 g/mol. The van der Waals surface area contributed by atoms with Crippen LogP contribution in [0, 0.1) is 0 Å². The fraction of sp³-hybridized carbons (Fsp3) is 0.318.